The zero-order chi connectivity index (χ0) is 36.3. The molecule has 0 aromatic heterocycles. The number of fused-ring (bicyclic) bond motifs is 3. The summed E-state index contributed by atoms with van der Waals surface area (Å²) in [7, 11) is 0. The fourth-order valence-electron chi connectivity index (χ4n) is 5.99. The lowest BCUT2D eigenvalue weighted by Crippen LogP contribution is -2.23. The molecule has 0 radical (unpaired) electrons. The second-order valence-electron chi connectivity index (χ2n) is 11.7. The van der Waals surface area contributed by atoms with E-state index in [1.807, 2.05) is 45.9 Å². The summed E-state index contributed by atoms with van der Waals surface area (Å²) >= 11 is 0. The first kappa shape index (κ1) is 39.3. The number of hydrogen-bond acceptors (Lipinski definition) is 3. The van der Waals surface area contributed by atoms with E-state index < -0.39 is 0 Å². The first-order chi connectivity index (χ1) is 24.6. The van der Waals surface area contributed by atoms with E-state index in [1.54, 1.807) is 0 Å². The van der Waals surface area contributed by atoms with Gasteiger partial charge in [0.15, 0.2) is 0 Å². The van der Waals surface area contributed by atoms with Crippen molar-refractivity contribution in [3.63, 3.8) is 0 Å². The van der Waals surface area contributed by atoms with Gasteiger partial charge in [0.2, 0.25) is 0 Å². The van der Waals surface area contributed by atoms with Crippen LogP contribution >= 0.6 is 0 Å². The lowest BCUT2D eigenvalue weighted by atomic mass is 9.86. The summed E-state index contributed by atoms with van der Waals surface area (Å²) in [5.41, 5.74) is 18.4. The van der Waals surface area contributed by atoms with Crippen LogP contribution < -0.4 is 16.6 Å². The summed E-state index contributed by atoms with van der Waals surface area (Å²) in [6.07, 6.45) is 27.0. The molecule has 0 bridgehead atoms. The van der Waals surface area contributed by atoms with Crippen LogP contribution in [0.25, 0.3) is 16.7 Å². The van der Waals surface area contributed by atoms with E-state index in [2.05, 4.69) is 158 Å². The van der Waals surface area contributed by atoms with Crippen molar-refractivity contribution in [2.45, 2.75) is 66.7 Å². The van der Waals surface area contributed by atoms with Crippen molar-refractivity contribution in [3.05, 3.63) is 197 Å². The molecule has 1 heterocycles. The smallest absolute Gasteiger partial charge is 0.0697 e. The van der Waals surface area contributed by atoms with Gasteiger partial charge in [-0.3, -0.25) is 11.7 Å². The van der Waals surface area contributed by atoms with Crippen molar-refractivity contribution in [1.82, 2.24) is 0 Å². The standard InChI is InChI=1S/C36H31N.C7H8.2C2H6.H4N2/c1-26-12-6-3-11-17-35-33(26)20-21-34-27(2)18-19-31(30-15-9-5-10-16-30)25-37(36(34)35)32-23-29(24-32)22-28-13-7-4-8-14-28;1-7-5-3-2-4-6-7;3*1-2/h3-7,9-13,15-16,18-21,25H,1-2,8,14,17,22-23H2;2-6H,1H3;2*1-2H3;1-2H2/b11-3-,12-6-,19-18-,31-25+;;;;. The molecule has 3 aliphatic carbocycles. The molecule has 7 rings (SSSR count). The zero-order valence-corrected chi connectivity index (χ0v) is 30.8. The van der Waals surface area contributed by atoms with E-state index in [0.29, 0.717) is 0 Å². The topological polar surface area (TPSA) is 55.3 Å². The van der Waals surface area contributed by atoms with Crippen molar-refractivity contribution >= 4 is 22.4 Å². The Balaban J connectivity index is 0.000000449. The van der Waals surface area contributed by atoms with Crippen LogP contribution in [0.2, 0.25) is 0 Å². The molecule has 0 amide bonds. The van der Waals surface area contributed by atoms with Crippen LogP contribution in [0.3, 0.4) is 0 Å². The van der Waals surface area contributed by atoms with Crippen molar-refractivity contribution < 1.29 is 0 Å². The second kappa shape index (κ2) is 21.0. The Morgan fingerprint density at radius 3 is 2.00 bits per heavy atom. The monoisotopic (exact) mass is 661 g/mol. The van der Waals surface area contributed by atoms with Gasteiger partial charge in [-0.1, -0.05) is 185 Å². The molecule has 3 nitrogen and oxygen atoms in total. The summed E-state index contributed by atoms with van der Waals surface area (Å²) in [6.45, 7) is 18.9. The summed E-state index contributed by atoms with van der Waals surface area (Å²) < 4.78 is 0. The van der Waals surface area contributed by atoms with Crippen LogP contribution in [-0.4, -0.2) is 0 Å². The van der Waals surface area contributed by atoms with Crippen LogP contribution in [0.4, 0.5) is 5.69 Å². The highest BCUT2D eigenvalue weighted by molar-refractivity contribution is 5.93. The normalized spacial score (nSPS) is 18.1. The number of benzene rings is 3. The van der Waals surface area contributed by atoms with Crippen LogP contribution in [0, 0.1) is 6.92 Å². The summed E-state index contributed by atoms with van der Waals surface area (Å²) in [5, 5.41) is 0. The molecule has 4 N–H and O–H groups in total. The van der Waals surface area contributed by atoms with Gasteiger partial charge in [0.1, 0.15) is 0 Å². The number of nitrogens with zero attached hydrogens (tertiary/aromatic N) is 1. The largest absolute Gasteiger partial charge is 0.312 e. The van der Waals surface area contributed by atoms with E-state index in [0.717, 1.165) is 54.4 Å². The minimum absolute atomic E-state index is 0.840. The maximum Gasteiger partial charge on any atom is 0.0697 e. The van der Waals surface area contributed by atoms with Crippen LogP contribution in [-0.2, 0) is 6.42 Å². The van der Waals surface area contributed by atoms with Gasteiger partial charge in [0.05, 0.1) is 11.4 Å². The fourth-order valence-corrected chi connectivity index (χ4v) is 5.99. The van der Waals surface area contributed by atoms with Crippen LogP contribution in [0.15, 0.2) is 169 Å². The van der Waals surface area contributed by atoms with Crippen molar-refractivity contribution in [1.29, 1.82) is 0 Å². The molecule has 258 valence electrons. The number of anilines is 1. The Bertz CT molecular complexity index is 1840. The van der Waals surface area contributed by atoms with E-state index in [1.165, 1.54) is 44.8 Å². The van der Waals surface area contributed by atoms with E-state index >= 15 is 0 Å². The third-order valence-electron chi connectivity index (χ3n) is 8.40. The molecule has 0 saturated heterocycles. The molecule has 3 aromatic carbocycles. The molecule has 3 aromatic rings. The Kier molecular flexibility index (Phi) is 16.5. The molecular weight excluding hydrogens is 607 g/mol. The average Bonchev–Trinajstić information content (AvgIpc) is 3.15. The number of allylic oxidation sites excluding steroid dienone is 13. The van der Waals surface area contributed by atoms with Gasteiger partial charge in [-0.25, -0.2) is 0 Å². The molecular formula is C47H55N3. The third kappa shape index (κ3) is 10.4. The maximum absolute atomic E-state index is 4.48. The highest BCUT2D eigenvalue weighted by atomic mass is 15.1. The van der Waals surface area contributed by atoms with Crippen molar-refractivity contribution in [2.75, 3.05) is 4.90 Å². The predicted molar refractivity (Wildman–Crippen MR) is 221 cm³/mol. The van der Waals surface area contributed by atoms with Crippen molar-refractivity contribution in [2.24, 2.45) is 11.7 Å². The summed E-state index contributed by atoms with van der Waals surface area (Å²) in [6, 6.07) is 25.3. The molecule has 0 fully saturated rings. The number of hydrazine groups is 1. The maximum atomic E-state index is 4.48. The average molecular weight is 662 g/mol. The van der Waals surface area contributed by atoms with Gasteiger partial charge in [-0.15, -0.1) is 0 Å². The Hall–Kier alpha value is -5.18. The quantitative estimate of drug-likeness (QED) is 0.166. The molecule has 1 aliphatic heterocycles. The minimum Gasteiger partial charge on any atom is -0.312 e. The third-order valence-corrected chi connectivity index (χ3v) is 8.40. The van der Waals surface area contributed by atoms with Gasteiger partial charge in [-0.05, 0) is 71.6 Å². The van der Waals surface area contributed by atoms with Gasteiger partial charge >= 0.3 is 0 Å². The lowest BCUT2D eigenvalue weighted by molar-refractivity contribution is 0.853. The molecule has 0 spiro atoms. The molecule has 0 unspecified atom stereocenters. The van der Waals surface area contributed by atoms with E-state index in [4.69, 9.17) is 0 Å². The van der Waals surface area contributed by atoms with Gasteiger partial charge in [-0.2, -0.15) is 0 Å². The molecule has 4 aliphatic rings. The zero-order valence-electron chi connectivity index (χ0n) is 30.8. The lowest BCUT2D eigenvalue weighted by Gasteiger charge is -2.34. The molecule has 3 heteroatoms. The van der Waals surface area contributed by atoms with Crippen LogP contribution in [0.5, 0.6) is 0 Å². The Morgan fingerprint density at radius 2 is 1.38 bits per heavy atom. The number of nitrogens with two attached hydrogens (primary N) is 2. The van der Waals surface area contributed by atoms with E-state index in [9.17, 15) is 0 Å². The Labute approximate surface area is 302 Å². The van der Waals surface area contributed by atoms with Gasteiger partial charge < -0.3 is 4.90 Å². The number of hydrogen-bond donors (Lipinski definition) is 2. The van der Waals surface area contributed by atoms with Crippen LogP contribution in [0.1, 0.15) is 81.2 Å². The number of aryl methyl sites for hydroxylation is 1. The molecule has 0 saturated carbocycles. The first-order valence-electron chi connectivity index (χ1n) is 17.9. The second-order valence-corrected chi connectivity index (χ2v) is 11.7. The summed E-state index contributed by atoms with van der Waals surface area (Å²) in [4.78, 5) is 2.39. The summed E-state index contributed by atoms with van der Waals surface area (Å²) in [5.74, 6) is 8.00. The highest BCUT2D eigenvalue weighted by Gasteiger charge is 2.27. The Morgan fingerprint density at radius 1 is 0.740 bits per heavy atom. The van der Waals surface area contributed by atoms with Gasteiger partial charge in [0, 0.05) is 18.2 Å². The molecule has 50 heavy (non-hydrogen) atoms. The van der Waals surface area contributed by atoms with Crippen molar-refractivity contribution in [3.8, 4) is 0 Å². The predicted octanol–water partition coefficient (Wildman–Crippen LogP) is 12.1. The number of rotatable bonds is 4. The molecule has 0 atom stereocenters. The fraction of sp³-hybridized carbons (Fsp3) is 0.213. The first-order valence-corrected chi connectivity index (χ1v) is 17.9. The minimum atomic E-state index is 0.840. The highest BCUT2D eigenvalue weighted by Crippen LogP contribution is 2.43. The van der Waals surface area contributed by atoms with Gasteiger partial charge in [0.25, 0.3) is 0 Å². The SMILES string of the molecule is C=C1/C=C\C=C/Cc2c1ccc1c2N(C2=C=C(CC3=CC=CCC3)C2)/C=C(c2ccccc2)\C=C/C1=C.CC.CC.Cc1ccccc1.NN. The van der Waals surface area contributed by atoms with E-state index in [-0.39, 0.29) is 0 Å².